The third kappa shape index (κ3) is 4.47. The molecule has 1 aliphatic carbocycles. The van der Waals surface area contributed by atoms with E-state index < -0.39 is 5.82 Å². The Labute approximate surface area is 183 Å². The zero-order chi connectivity index (χ0) is 21.2. The number of aromatic nitrogens is 2. The van der Waals surface area contributed by atoms with Gasteiger partial charge in [-0.25, -0.2) is 9.07 Å². The molecule has 0 atom stereocenters. The van der Waals surface area contributed by atoms with Gasteiger partial charge in [-0.3, -0.25) is 4.79 Å². The molecular weight excluding hydrogens is 395 g/mol. The maximum absolute atomic E-state index is 14.8. The van der Waals surface area contributed by atoms with E-state index in [0.717, 1.165) is 57.9 Å². The fourth-order valence-electron chi connectivity index (χ4n) is 5.21. The number of ether oxygens (including phenoxy) is 1. The second-order valence-corrected chi connectivity index (χ2v) is 9.08. The van der Waals surface area contributed by atoms with Crippen LogP contribution in [0.5, 0.6) is 5.75 Å². The second-order valence-electron chi connectivity index (χ2n) is 9.08. The quantitative estimate of drug-likeness (QED) is 0.724. The Bertz CT molecular complexity index is 910. The van der Waals surface area contributed by atoms with Crippen LogP contribution in [0.15, 0.2) is 30.6 Å². The van der Waals surface area contributed by atoms with Gasteiger partial charge in [0.05, 0.1) is 17.4 Å². The van der Waals surface area contributed by atoms with E-state index in [9.17, 15) is 9.18 Å². The minimum atomic E-state index is -0.390. The van der Waals surface area contributed by atoms with Crippen LogP contribution in [-0.4, -0.2) is 63.8 Å². The Morgan fingerprint density at radius 1 is 1.00 bits per heavy atom. The van der Waals surface area contributed by atoms with Crippen LogP contribution < -0.4 is 4.74 Å². The molecule has 31 heavy (non-hydrogen) atoms. The third-order valence-corrected chi connectivity index (χ3v) is 7.01. The lowest BCUT2D eigenvalue weighted by molar-refractivity contribution is 0.0743. The second kappa shape index (κ2) is 8.99. The first-order chi connectivity index (χ1) is 15.2. The highest BCUT2D eigenvalue weighted by atomic mass is 19.1. The molecule has 3 heterocycles. The molecule has 0 bridgehead atoms. The van der Waals surface area contributed by atoms with Gasteiger partial charge in [-0.05, 0) is 50.7 Å². The molecule has 3 aliphatic rings. The maximum atomic E-state index is 14.8. The van der Waals surface area contributed by atoms with Crippen molar-refractivity contribution in [3.63, 3.8) is 0 Å². The lowest BCUT2D eigenvalue weighted by atomic mass is 10.0. The smallest absolute Gasteiger partial charge is 0.257 e. The molecule has 2 saturated heterocycles. The molecule has 5 rings (SSSR count). The van der Waals surface area contributed by atoms with E-state index in [1.807, 2.05) is 4.90 Å². The van der Waals surface area contributed by atoms with E-state index in [1.165, 1.54) is 31.7 Å². The lowest BCUT2D eigenvalue weighted by Gasteiger charge is -2.36. The zero-order valence-corrected chi connectivity index (χ0v) is 18.0. The molecule has 0 N–H and O–H groups in total. The fourth-order valence-corrected chi connectivity index (χ4v) is 5.21. The van der Waals surface area contributed by atoms with Crippen LogP contribution in [0.1, 0.15) is 61.7 Å². The summed E-state index contributed by atoms with van der Waals surface area (Å²) in [4.78, 5) is 16.9. The van der Waals surface area contributed by atoms with Crippen LogP contribution in [0.25, 0.3) is 5.69 Å². The van der Waals surface area contributed by atoms with Crippen molar-refractivity contribution < 1.29 is 13.9 Å². The van der Waals surface area contributed by atoms with Crippen molar-refractivity contribution in [3.05, 3.63) is 42.0 Å². The Hall–Kier alpha value is -2.41. The number of carbonyl (C=O) groups is 1. The molecule has 6 nitrogen and oxygen atoms in total. The molecule has 1 amide bonds. The first kappa shape index (κ1) is 20.5. The van der Waals surface area contributed by atoms with E-state index >= 15 is 0 Å². The summed E-state index contributed by atoms with van der Waals surface area (Å²) in [6, 6.07) is 5.65. The van der Waals surface area contributed by atoms with Gasteiger partial charge in [0, 0.05) is 44.5 Å². The van der Waals surface area contributed by atoms with Crippen molar-refractivity contribution >= 4 is 5.91 Å². The Morgan fingerprint density at radius 2 is 1.74 bits per heavy atom. The third-order valence-electron chi connectivity index (χ3n) is 7.01. The standard InChI is InChI=1S/C24H31FN4O2/c25-22-15-20(29-17-18(16-26-29)24(30)28-11-3-4-12-28)7-8-23(22)31-21-9-13-27(14-10-21)19-5-1-2-6-19/h7-8,15-17,19,21H,1-6,9-14H2. The van der Waals surface area contributed by atoms with Crippen molar-refractivity contribution in [2.24, 2.45) is 0 Å². The molecule has 1 aromatic heterocycles. The zero-order valence-electron chi connectivity index (χ0n) is 18.0. The summed E-state index contributed by atoms with van der Waals surface area (Å²) >= 11 is 0. The van der Waals surface area contributed by atoms with Crippen LogP contribution in [0.3, 0.4) is 0 Å². The van der Waals surface area contributed by atoms with Crippen molar-refractivity contribution in [2.45, 2.75) is 63.5 Å². The Morgan fingerprint density at radius 3 is 2.45 bits per heavy atom. The summed E-state index contributed by atoms with van der Waals surface area (Å²) in [5, 5.41) is 4.27. The number of hydrogen-bond acceptors (Lipinski definition) is 4. The van der Waals surface area contributed by atoms with Crippen LogP contribution >= 0.6 is 0 Å². The lowest BCUT2D eigenvalue weighted by Crippen LogP contribution is -2.43. The number of piperidine rings is 1. The van der Waals surface area contributed by atoms with E-state index in [2.05, 4.69) is 10.00 Å². The number of rotatable bonds is 5. The van der Waals surface area contributed by atoms with Crippen LogP contribution in [0, 0.1) is 5.82 Å². The molecule has 0 radical (unpaired) electrons. The van der Waals surface area contributed by atoms with Gasteiger partial charge in [0.25, 0.3) is 5.91 Å². The molecule has 2 aromatic rings. The number of halogens is 1. The molecule has 3 fully saturated rings. The molecule has 166 valence electrons. The fraction of sp³-hybridized carbons (Fsp3) is 0.583. The van der Waals surface area contributed by atoms with Gasteiger partial charge >= 0.3 is 0 Å². The highest BCUT2D eigenvalue weighted by Crippen LogP contribution is 2.29. The van der Waals surface area contributed by atoms with Crippen molar-refractivity contribution in [1.29, 1.82) is 0 Å². The van der Waals surface area contributed by atoms with E-state index in [1.54, 1.807) is 29.2 Å². The van der Waals surface area contributed by atoms with E-state index in [0.29, 0.717) is 17.0 Å². The molecule has 7 heteroatoms. The van der Waals surface area contributed by atoms with Gasteiger partial charge in [-0.2, -0.15) is 5.10 Å². The average molecular weight is 427 g/mol. The summed E-state index contributed by atoms with van der Waals surface area (Å²) in [6.45, 7) is 3.67. The van der Waals surface area contributed by atoms with Gasteiger partial charge in [0.1, 0.15) is 6.10 Å². The molecule has 2 aliphatic heterocycles. The number of likely N-dealkylation sites (tertiary alicyclic amines) is 2. The normalized spacial score (nSPS) is 21.1. The first-order valence-electron chi connectivity index (χ1n) is 11.7. The molecule has 0 unspecified atom stereocenters. The first-order valence-corrected chi connectivity index (χ1v) is 11.7. The highest BCUT2D eigenvalue weighted by Gasteiger charge is 2.28. The van der Waals surface area contributed by atoms with E-state index in [4.69, 9.17) is 4.74 Å². The summed E-state index contributed by atoms with van der Waals surface area (Å²) in [6.07, 6.45) is 12.6. The summed E-state index contributed by atoms with van der Waals surface area (Å²) in [7, 11) is 0. The summed E-state index contributed by atoms with van der Waals surface area (Å²) in [5.41, 5.74) is 1.12. The van der Waals surface area contributed by atoms with Gasteiger partial charge in [0.2, 0.25) is 0 Å². The van der Waals surface area contributed by atoms with Crippen molar-refractivity contribution in [3.8, 4) is 11.4 Å². The molecular formula is C24H31FN4O2. The van der Waals surface area contributed by atoms with Crippen molar-refractivity contribution in [2.75, 3.05) is 26.2 Å². The maximum Gasteiger partial charge on any atom is 0.257 e. The minimum absolute atomic E-state index is 0.00637. The predicted molar refractivity (Wildman–Crippen MR) is 116 cm³/mol. The number of benzene rings is 1. The monoisotopic (exact) mass is 426 g/mol. The number of amides is 1. The minimum Gasteiger partial charge on any atom is -0.487 e. The summed E-state index contributed by atoms with van der Waals surface area (Å²) < 4.78 is 22.3. The number of carbonyl (C=O) groups excluding carboxylic acids is 1. The Kier molecular flexibility index (Phi) is 5.94. The number of hydrogen-bond donors (Lipinski definition) is 0. The number of nitrogens with zero attached hydrogens (tertiary/aromatic N) is 4. The van der Waals surface area contributed by atoms with Gasteiger partial charge in [0.15, 0.2) is 11.6 Å². The molecule has 0 spiro atoms. The van der Waals surface area contributed by atoms with Crippen molar-refractivity contribution in [1.82, 2.24) is 19.6 Å². The topological polar surface area (TPSA) is 50.6 Å². The van der Waals surface area contributed by atoms with Crippen LogP contribution in [0.2, 0.25) is 0 Å². The predicted octanol–water partition coefficient (Wildman–Crippen LogP) is 4.03. The van der Waals surface area contributed by atoms with Crippen LogP contribution in [0.4, 0.5) is 4.39 Å². The summed E-state index contributed by atoms with van der Waals surface area (Å²) in [5.74, 6) is -0.102. The van der Waals surface area contributed by atoms with Gasteiger partial charge < -0.3 is 14.5 Å². The average Bonchev–Trinajstić information content (AvgIpc) is 3.58. The molecule has 1 aromatic carbocycles. The highest BCUT2D eigenvalue weighted by molar-refractivity contribution is 5.94. The Balaban J connectivity index is 1.20. The van der Waals surface area contributed by atoms with Crippen LogP contribution in [-0.2, 0) is 0 Å². The van der Waals surface area contributed by atoms with Gasteiger partial charge in [-0.1, -0.05) is 12.8 Å². The largest absolute Gasteiger partial charge is 0.487 e. The van der Waals surface area contributed by atoms with E-state index in [-0.39, 0.29) is 12.0 Å². The molecule has 1 saturated carbocycles. The SMILES string of the molecule is O=C(c1cnn(-c2ccc(OC3CCN(C4CCCC4)CC3)c(F)c2)c1)N1CCCC1. The van der Waals surface area contributed by atoms with Gasteiger partial charge in [-0.15, -0.1) is 0 Å².